The van der Waals surface area contributed by atoms with Gasteiger partial charge in [-0.15, -0.1) is 0 Å². The molecule has 0 amide bonds. The molecule has 0 fully saturated rings. The summed E-state index contributed by atoms with van der Waals surface area (Å²) in [5, 5.41) is 3.29. The van der Waals surface area contributed by atoms with Crippen LogP contribution in [-0.2, 0) is 6.42 Å². The average Bonchev–Trinajstić information content (AvgIpc) is 2.18. The Balaban J connectivity index is 2.50. The fourth-order valence-corrected chi connectivity index (χ4v) is 1.35. The van der Waals surface area contributed by atoms with E-state index >= 15 is 0 Å². The van der Waals surface area contributed by atoms with E-state index in [1.807, 2.05) is 20.0 Å². The third-order valence-corrected chi connectivity index (χ3v) is 1.98. The van der Waals surface area contributed by atoms with E-state index in [1.165, 1.54) is 5.56 Å². The molecular weight excluding hydrogens is 188 g/mol. The first-order valence-corrected chi connectivity index (χ1v) is 5.53. The number of pyridine rings is 1. The molecule has 3 heteroatoms. The second-order valence-corrected chi connectivity index (χ2v) is 3.80. The largest absolute Gasteiger partial charge is 0.489 e. The monoisotopic (exact) mass is 208 g/mol. The van der Waals surface area contributed by atoms with Crippen LogP contribution in [0.1, 0.15) is 26.3 Å². The molecule has 0 aliphatic carbocycles. The number of nitrogens with zero attached hydrogens (tertiary/aromatic N) is 1. The zero-order chi connectivity index (χ0) is 11.1. The fraction of sp³-hybridized carbons (Fsp3) is 0.583. The van der Waals surface area contributed by atoms with Gasteiger partial charge in [-0.25, -0.2) is 0 Å². The van der Waals surface area contributed by atoms with Crippen LogP contribution in [-0.4, -0.2) is 24.2 Å². The third-order valence-electron chi connectivity index (χ3n) is 1.98. The van der Waals surface area contributed by atoms with Crippen molar-refractivity contribution < 1.29 is 4.74 Å². The molecule has 1 aromatic heterocycles. The lowest BCUT2D eigenvalue weighted by atomic mass is 10.2. The van der Waals surface area contributed by atoms with Gasteiger partial charge in [0.1, 0.15) is 5.75 Å². The van der Waals surface area contributed by atoms with E-state index in [2.05, 4.69) is 23.3 Å². The van der Waals surface area contributed by atoms with Crippen LogP contribution >= 0.6 is 0 Å². The molecule has 84 valence electrons. The molecule has 0 aliphatic heterocycles. The molecule has 0 atom stereocenters. The zero-order valence-corrected chi connectivity index (χ0v) is 9.79. The highest BCUT2D eigenvalue weighted by atomic mass is 16.5. The summed E-state index contributed by atoms with van der Waals surface area (Å²) in [5.41, 5.74) is 1.22. The van der Waals surface area contributed by atoms with E-state index in [9.17, 15) is 0 Å². The molecule has 0 spiro atoms. The van der Waals surface area contributed by atoms with Gasteiger partial charge in [0.05, 0.1) is 12.3 Å². The average molecular weight is 208 g/mol. The lowest BCUT2D eigenvalue weighted by Gasteiger charge is -2.10. The maximum atomic E-state index is 5.58. The standard InChI is InChI=1S/C12H20N2O/c1-4-13-6-5-11-7-12(9-14-8-11)15-10(2)3/h7-10,13H,4-6H2,1-3H3. The van der Waals surface area contributed by atoms with Crippen molar-refractivity contribution in [3.05, 3.63) is 24.0 Å². The predicted octanol–water partition coefficient (Wildman–Crippen LogP) is 2.02. The Bertz CT molecular complexity index is 287. The van der Waals surface area contributed by atoms with Crippen LogP contribution in [0.3, 0.4) is 0 Å². The second-order valence-electron chi connectivity index (χ2n) is 3.80. The first kappa shape index (κ1) is 12.0. The minimum absolute atomic E-state index is 0.204. The van der Waals surface area contributed by atoms with Crippen molar-refractivity contribution in [2.24, 2.45) is 0 Å². The highest BCUT2D eigenvalue weighted by molar-refractivity contribution is 5.23. The smallest absolute Gasteiger partial charge is 0.138 e. The van der Waals surface area contributed by atoms with E-state index in [4.69, 9.17) is 4.74 Å². The highest BCUT2D eigenvalue weighted by Gasteiger charge is 1.99. The van der Waals surface area contributed by atoms with Gasteiger partial charge in [0.15, 0.2) is 0 Å². The molecular formula is C12H20N2O. The van der Waals surface area contributed by atoms with Crippen LogP contribution < -0.4 is 10.1 Å². The van der Waals surface area contributed by atoms with Crippen LogP contribution in [0.4, 0.5) is 0 Å². The lowest BCUT2D eigenvalue weighted by Crippen LogP contribution is -2.16. The van der Waals surface area contributed by atoms with E-state index < -0.39 is 0 Å². The highest BCUT2D eigenvalue weighted by Crippen LogP contribution is 2.12. The van der Waals surface area contributed by atoms with E-state index in [1.54, 1.807) is 6.20 Å². The first-order valence-electron chi connectivity index (χ1n) is 5.53. The molecule has 1 aromatic rings. The van der Waals surface area contributed by atoms with Gasteiger partial charge >= 0.3 is 0 Å². The number of rotatable bonds is 6. The maximum Gasteiger partial charge on any atom is 0.138 e. The Labute approximate surface area is 91.9 Å². The number of likely N-dealkylation sites (N-methyl/N-ethyl adjacent to an activating group) is 1. The normalized spacial score (nSPS) is 10.7. The predicted molar refractivity (Wildman–Crippen MR) is 62.2 cm³/mol. The summed E-state index contributed by atoms with van der Waals surface area (Å²) >= 11 is 0. The van der Waals surface area contributed by atoms with Crippen molar-refractivity contribution in [2.45, 2.75) is 33.3 Å². The Morgan fingerprint density at radius 2 is 2.20 bits per heavy atom. The summed E-state index contributed by atoms with van der Waals surface area (Å²) in [6, 6.07) is 2.06. The summed E-state index contributed by atoms with van der Waals surface area (Å²) in [4.78, 5) is 4.16. The van der Waals surface area contributed by atoms with Crippen molar-refractivity contribution in [2.75, 3.05) is 13.1 Å². The fourth-order valence-electron chi connectivity index (χ4n) is 1.35. The van der Waals surface area contributed by atoms with Gasteiger partial charge in [0, 0.05) is 6.20 Å². The van der Waals surface area contributed by atoms with Crippen molar-refractivity contribution in [3.63, 3.8) is 0 Å². The summed E-state index contributed by atoms with van der Waals surface area (Å²) in [6.07, 6.45) is 4.85. The second kappa shape index (κ2) is 6.40. The Morgan fingerprint density at radius 3 is 2.87 bits per heavy atom. The SMILES string of the molecule is CCNCCc1cncc(OC(C)C)c1. The van der Waals surface area contributed by atoms with Crippen molar-refractivity contribution in [3.8, 4) is 5.75 Å². The number of hydrogen-bond donors (Lipinski definition) is 1. The van der Waals surface area contributed by atoms with Gasteiger partial charge in [-0.2, -0.15) is 0 Å². The molecule has 0 aliphatic rings. The molecule has 0 aromatic carbocycles. The summed E-state index contributed by atoms with van der Waals surface area (Å²) < 4.78 is 5.58. The van der Waals surface area contributed by atoms with Gasteiger partial charge in [-0.05, 0) is 45.0 Å². The molecule has 0 unspecified atom stereocenters. The molecule has 0 saturated carbocycles. The molecule has 3 nitrogen and oxygen atoms in total. The van der Waals surface area contributed by atoms with Gasteiger partial charge in [0.2, 0.25) is 0 Å². The van der Waals surface area contributed by atoms with Crippen LogP contribution in [0.2, 0.25) is 0 Å². The minimum atomic E-state index is 0.204. The molecule has 1 heterocycles. The number of aromatic nitrogens is 1. The van der Waals surface area contributed by atoms with Crippen molar-refractivity contribution in [1.82, 2.24) is 10.3 Å². The molecule has 1 N–H and O–H groups in total. The summed E-state index contributed by atoms with van der Waals surface area (Å²) in [7, 11) is 0. The molecule has 0 radical (unpaired) electrons. The Hall–Kier alpha value is -1.09. The van der Waals surface area contributed by atoms with E-state index in [0.29, 0.717) is 0 Å². The third kappa shape index (κ3) is 4.79. The topological polar surface area (TPSA) is 34.2 Å². The lowest BCUT2D eigenvalue weighted by molar-refractivity contribution is 0.241. The summed E-state index contributed by atoms with van der Waals surface area (Å²) in [5.74, 6) is 0.860. The minimum Gasteiger partial charge on any atom is -0.489 e. The maximum absolute atomic E-state index is 5.58. The van der Waals surface area contributed by atoms with Gasteiger partial charge in [-0.3, -0.25) is 4.98 Å². The zero-order valence-electron chi connectivity index (χ0n) is 9.79. The van der Waals surface area contributed by atoms with E-state index in [-0.39, 0.29) is 6.10 Å². The van der Waals surface area contributed by atoms with Crippen molar-refractivity contribution in [1.29, 1.82) is 0 Å². The quantitative estimate of drug-likeness (QED) is 0.726. The van der Waals surface area contributed by atoms with Crippen LogP contribution in [0.15, 0.2) is 18.5 Å². The van der Waals surface area contributed by atoms with E-state index in [0.717, 1.165) is 25.3 Å². The van der Waals surface area contributed by atoms with Crippen LogP contribution in [0.25, 0.3) is 0 Å². The Morgan fingerprint density at radius 1 is 1.40 bits per heavy atom. The number of hydrogen-bond acceptors (Lipinski definition) is 3. The van der Waals surface area contributed by atoms with Crippen molar-refractivity contribution >= 4 is 0 Å². The van der Waals surface area contributed by atoms with Crippen LogP contribution in [0.5, 0.6) is 5.75 Å². The van der Waals surface area contributed by atoms with Gasteiger partial charge in [0.25, 0.3) is 0 Å². The van der Waals surface area contributed by atoms with Crippen LogP contribution in [0, 0.1) is 0 Å². The number of ether oxygens (including phenoxy) is 1. The first-order chi connectivity index (χ1) is 7.22. The Kier molecular flexibility index (Phi) is 5.12. The van der Waals surface area contributed by atoms with Gasteiger partial charge < -0.3 is 10.1 Å². The molecule has 0 bridgehead atoms. The van der Waals surface area contributed by atoms with Gasteiger partial charge in [-0.1, -0.05) is 6.92 Å². The number of nitrogens with one attached hydrogen (secondary N) is 1. The molecule has 15 heavy (non-hydrogen) atoms. The summed E-state index contributed by atoms with van der Waals surface area (Å²) in [6.45, 7) is 8.14. The molecule has 0 saturated heterocycles. The molecule has 1 rings (SSSR count).